The van der Waals surface area contributed by atoms with Crippen molar-refractivity contribution in [3.05, 3.63) is 66.1 Å². The van der Waals surface area contributed by atoms with Gasteiger partial charge in [0.2, 0.25) is 5.95 Å². The molecule has 3 heterocycles. The van der Waals surface area contributed by atoms with Gasteiger partial charge in [-0.1, -0.05) is 23.4 Å². The topological polar surface area (TPSA) is 125 Å². The zero-order valence-corrected chi connectivity index (χ0v) is 15.7. The van der Waals surface area contributed by atoms with Gasteiger partial charge in [-0.15, -0.1) is 5.10 Å². The number of ether oxygens (including phenoxy) is 1. The second kappa shape index (κ2) is 8.03. The Morgan fingerprint density at radius 3 is 2.59 bits per heavy atom. The van der Waals surface area contributed by atoms with E-state index in [-0.39, 0.29) is 12.6 Å². The summed E-state index contributed by atoms with van der Waals surface area (Å²) < 4.78 is 6.93. The van der Waals surface area contributed by atoms with Crippen LogP contribution in [-0.2, 0) is 13.2 Å². The lowest BCUT2D eigenvalue weighted by atomic mass is 10.1. The molecule has 0 aliphatic rings. The highest BCUT2D eigenvalue weighted by Gasteiger charge is 2.11. The van der Waals surface area contributed by atoms with Gasteiger partial charge in [-0.05, 0) is 30.3 Å². The monoisotopic (exact) mass is 389 g/mol. The van der Waals surface area contributed by atoms with Gasteiger partial charge in [0.25, 0.3) is 0 Å². The molecule has 0 amide bonds. The van der Waals surface area contributed by atoms with E-state index >= 15 is 0 Å². The van der Waals surface area contributed by atoms with E-state index in [0.29, 0.717) is 29.3 Å². The van der Waals surface area contributed by atoms with E-state index in [2.05, 4.69) is 25.3 Å². The third-order valence-corrected chi connectivity index (χ3v) is 4.26. The average Bonchev–Trinajstić information content (AvgIpc) is 3.22. The predicted molar refractivity (Wildman–Crippen MR) is 107 cm³/mol. The molecule has 0 aliphatic heterocycles. The Hall–Kier alpha value is -3.85. The highest BCUT2D eigenvalue weighted by molar-refractivity contribution is 5.68. The number of nitrogen functional groups attached to an aromatic ring is 1. The van der Waals surface area contributed by atoms with Gasteiger partial charge >= 0.3 is 0 Å². The third-order valence-electron chi connectivity index (χ3n) is 4.26. The van der Waals surface area contributed by atoms with Crippen LogP contribution in [0.2, 0.25) is 0 Å². The summed E-state index contributed by atoms with van der Waals surface area (Å²) in [5.74, 6) is 0.872. The van der Waals surface area contributed by atoms with Gasteiger partial charge in [-0.3, -0.25) is 4.98 Å². The SMILES string of the molecule is COc1cccc(-c2cc(-c3cn(Cc4cccc(CO)n4)nn3)nc(N)n2)c1. The van der Waals surface area contributed by atoms with Crippen LogP contribution in [-0.4, -0.2) is 42.2 Å². The first-order valence-electron chi connectivity index (χ1n) is 8.90. The highest BCUT2D eigenvalue weighted by atomic mass is 16.5. The molecule has 29 heavy (non-hydrogen) atoms. The molecule has 1 aromatic carbocycles. The Labute approximate surface area is 166 Å². The van der Waals surface area contributed by atoms with Crippen LogP contribution in [0.1, 0.15) is 11.4 Å². The molecule has 0 bridgehead atoms. The van der Waals surface area contributed by atoms with Gasteiger partial charge in [0.05, 0.1) is 49.2 Å². The maximum absolute atomic E-state index is 9.23. The van der Waals surface area contributed by atoms with Gasteiger partial charge in [0, 0.05) is 5.56 Å². The molecule has 9 heteroatoms. The lowest BCUT2D eigenvalue weighted by molar-refractivity contribution is 0.276. The van der Waals surface area contributed by atoms with Gasteiger partial charge in [-0.2, -0.15) is 0 Å². The number of benzene rings is 1. The van der Waals surface area contributed by atoms with Crippen LogP contribution in [0.5, 0.6) is 5.75 Å². The number of aliphatic hydroxyl groups is 1. The molecule has 4 aromatic rings. The van der Waals surface area contributed by atoms with E-state index in [1.165, 1.54) is 0 Å². The Bertz CT molecular complexity index is 1140. The van der Waals surface area contributed by atoms with Crippen molar-refractivity contribution in [1.82, 2.24) is 29.9 Å². The number of nitrogens with two attached hydrogens (primary N) is 1. The van der Waals surface area contributed by atoms with Crippen LogP contribution < -0.4 is 10.5 Å². The molecule has 0 spiro atoms. The number of hydrogen-bond acceptors (Lipinski definition) is 8. The second-order valence-corrected chi connectivity index (χ2v) is 6.31. The number of aromatic nitrogens is 6. The lowest BCUT2D eigenvalue weighted by Crippen LogP contribution is -2.04. The van der Waals surface area contributed by atoms with E-state index in [1.54, 1.807) is 24.1 Å². The molecule has 0 radical (unpaired) electrons. The van der Waals surface area contributed by atoms with Crippen molar-refractivity contribution < 1.29 is 9.84 Å². The third kappa shape index (κ3) is 4.19. The molecule has 146 valence electrons. The molecule has 0 atom stereocenters. The zero-order valence-electron chi connectivity index (χ0n) is 15.7. The van der Waals surface area contributed by atoms with E-state index in [4.69, 9.17) is 10.5 Å². The van der Waals surface area contributed by atoms with Crippen molar-refractivity contribution >= 4 is 5.95 Å². The van der Waals surface area contributed by atoms with Gasteiger partial charge < -0.3 is 15.6 Å². The van der Waals surface area contributed by atoms with E-state index in [0.717, 1.165) is 17.0 Å². The van der Waals surface area contributed by atoms with Crippen molar-refractivity contribution in [3.8, 4) is 28.4 Å². The molecular formula is C20H19N7O2. The summed E-state index contributed by atoms with van der Waals surface area (Å²) in [5, 5.41) is 17.6. The van der Waals surface area contributed by atoms with E-state index in [1.807, 2.05) is 42.5 Å². The van der Waals surface area contributed by atoms with Crippen LogP contribution in [0.25, 0.3) is 22.6 Å². The molecular weight excluding hydrogens is 370 g/mol. The molecule has 3 aromatic heterocycles. The van der Waals surface area contributed by atoms with Crippen LogP contribution in [0.4, 0.5) is 5.95 Å². The molecule has 0 saturated heterocycles. The standard InChI is InChI=1S/C20H19N7O2/c1-29-16-7-2-4-13(8-16)17-9-18(24-20(21)23-17)19-11-27(26-25-19)10-14-5-3-6-15(12-28)22-14/h2-9,11,28H,10,12H2,1H3,(H2,21,23,24). The fourth-order valence-electron chi connectivity index (χ4n) is 2.89. The van der Waals surface area contributed by atoms with Gasteiger partial charge in [-0.25, -0.2) is 14.6 Å². The highest BCUT2D eigenvalue weighted by Crippen LogP contribution is 2.26. The summed E-state index contributed by atoms with van der Waals surface area (Å²) in [4.78, 5) is 13.0. The number of hydrogen-bond donors (Lipinski definition) is 2. The van der Waals surface area contributed by atoms with E-state index in [9.17, 15) is 5.11 Å². The quantitative estimate of drug-likeness (QED) is 0.512. The fraction of sp³-hybridized carbons (Fsp3) is 0.150. The van der Waals surface area contributed by atoms with E-state index < -0.39 is 0 Å². The fourth-order valence-corrected chi connectivity index (χ4v) is 2.89. The van der Waals surface area contributed by atoms with Crippen LogP contribution >= 0.6 is 0 Å². The molecule has 4 rings (SSSR count). The van der Waals surface area contributed by atoms with Crippen LogP contribution in [0.3, 0.4) is 0 Å². The van der Waals surface area contributed by atoms with Crippen molar-refractivity contribution in [2.45, 2.75) is 13.2 Å². The summed E-state index contributed by atoms with van der Waals surface area (Å²) in [6, 6.07) is 14.8. The summed E-state index contributed by atoms with van der Waals surface area (Å²) in [6.07, 6.45) is 1.77. The number of aliphatic hydroxyl groups excluding tert-OH is 1. The van der Waals surface area contributed by atoms with Gasteiger partial charge in [0.15, 0.2) is 0 Å². The summed E-state index contributed by atoms with van der Waals surface area (Å²) in [7, 11) is 1.61. The first-order chi connectivity index (χ1) is 14.1. The molecule has 0 saturated carbocycles. The van der Waals surface area contributed by atoms with Crippen LogP contribution in [0, 0.1) is 0 Å². The minimum Gasteiger partial charge on any atom is -0.497 e. The smallest absolute Gasteiger partial charge is 0.221 e. The number of anilines is 1. The summed E-state index contributed by atoms with van der Waals surface area (Å²) in [5.41, 5.74) is 9.96. The maximum atomic E-state index is 9.23. The normalized spacial score (nSPS) is 10.8. The molecule has 3 N–H and O–H groups in total. The summed E-state index contributed by atoms with van der Waals surface area (Å²) >= 11 is 0. The second-order valence-electron chi connectivity index (χ2n) is 6.31. The molecule has 9 nitrogen and oxygen atoms in total. The molecule has 0 unspecified atom stereocenters. The number of methoxy groups -OCH3 is 1. The number of nitrogens with zero attached hydrogens (tertiary/aromatic N) is 6. The minimum absolute atomic E-state index is 0.107. The van der Waals surface area contributed by atoms with Crippen molar-refractivity contribution in [1.29, 1.82) is 0 Å². The first-order valence-corrected chi connectivity index (χ1v) is 8.90. The lowest BCUT2D eigenvalue weighted by Gasteiger charge is -2.06. The van der Waals surface area contributed by atoms with Crippen molar-refractivity contribution in [2.75, 3.05) is 12.8 Å². The average molecular weight is 389 g/mol. The largest absolute Gasteiger partial charge is 0.497 e. The summed E-state index contributed by atoms with van der Waals surface area (Å²) in [6.45, 7) is 0.313. The minimum atomic E-state index is -0.107. The van der Waals surface area contributed by atoms with Crippen molar-refractivity contribution in [2.24, 2.45) is 0 Å². The molecule has 0 aliphatic carbocycles. The Morgan fingerprint density at radius 2 is 1.76 bits per heavy atom. The van der Waals surface area contributed by atoms with Gasteiger partial charge in [0.1, 0.15) is 11.4 Å². The number of rotatable bonds is 6. The molecule has 0 fully saturated rings. The van der Waals surface area contributed by atoms with Crippen molar-refractivity contribution in [3.63, 3.8) is 0 Å². The Balaban J connectivity index is 1.62. The van der Waals surface area contributed by atoms with Crippen LogP contribution in [0.15, 0.2) is 54.7 Å². The first kappa shape index (κ1) is 18.5. The maximum Gasteiger partial charge on any atom is 0.221 e. The number of pyridine rings is 1. The Morgan fingerprint density at radius 1 is 0.966 bits per heavy atom. The zero-order chi connectivity index (χ0) is 20.2. The predicted octanol–water partition coefficient (Wildman–Crippen LogP) is 1.93. The Kier molecular flexibility index (Phi) is 5.12.